The van der Waals surface area contributed by atoms with E-state index in [2.05, 4.69) is 15.5 Å². The van der Waals surface area contributed by atoms with Gasteiger partial charge in [0, 0.05) is 12.6 Å². The van der Waals surface area contributed by atoms with Crippen LogP contribution in [0.15, 0.2) is 0 Å². The maximum absolute atomic E-state index is 12.0. The van der Waals surface area contributed by atoms with Crippen molar-refractivity contribution in [3.8, 4) is 0 Å². The first-order valence-corrected chi connectivity index (χ1v) is 6.41. The van der Waals surface area contributed by atoms with Gasteiger partial charge in [0.25, 0.3) is 0 Å². The van der Waals surface area contributed by atoms with Gasteiger partial charge in [-0.25, -0.2) is 4.79 Å². The van der Waals surface area contributed by atoms with Crippen LogP contribution in [0.3, 0.4) is 0 Å². The van der Waals surface area contributed by atoms with Crippen molar-refractivity contribution in [1.82, 2.24) is 15.1 Å². The minimum absolute atomic E-state index is 0.309. The molecule has 0 bridgehead atoms. The van der Waals surface area contributed by atoms with Crippen LogP contribution < -0.4 is 5.32 Å². The minimum Gasteiger partial charge on any atom is -0.481 e. The summed E-state index contributed by atoms with van der Waals surface area (Å²) in [5.41, 5.74) is 0. The Morgan fingerprint density at radius 3 is 2.72 bits per heavy atom. The lowest BCUT2D eigenvalue weighted by atomic mass is 10.0. The lowest BCUT2D eigenvalue weighted by Gasteiger charge is -2.22. The average molecular weight is 270 g/mol. The Morgan fingerprint density at radius 2 is 2.22 bits per heavy atom. The number of rotatable bonds is 2. The van der Waals surface area contributed by atoms with Crippen molar-refractivity contribution in [1.29, 1.82) is 0 Å². The summed E-state index contributed by atoms with van der Waals surface area (Å²) in [7, 11) is 0. The van der Waals surface area contributed by atoms with E-state index < -0.39 is 11.9 Å². The number of aliphatic carboxylic acids is 1. The van der Waals surface area contributed by atoms with E-state index in [0.29, 0.717) is 18.1 Å². The zero-order valence-corrected chi connectivity index (χ0v) is 10.9. The minimum atomic E-state index is -0.857. The van der Waals surface area contributed by atoms with Crippen molar-refractivity contribution in [3.63, 3.8) is 0 Å². The molecule has 1 aliphatic rings. The number of carbonyl (C=O) groups is 2. The molecule has 1 aromatic heterocycles. The molecule has 0 aliphatic carbocycles. The van der Waals surface area contributed by atoms with E-state index in [1.807, 2.05) is 0 Å². The first-order chi connectivity index (χ1) is 8.49. The van der Waals surface area contributed by atoms with Gasteiger partial charge in [0.15, 0.2) is 0 Å². The van der Waals surface area contributed by atoms with Gasteiger partial charge in [0.05, 0.1) is 5.92 Å². The van der Waals surface area contributed by atoms with Crippen LogP contribution in [-0.2, 0) is 4.79 Å². The summed E-state index contributed by atoms with van der Waals surface area (Å²) < 4.78 is 0. The van der Waals surface area contributed by atoms with Crippen LogP contribution >= 0.6 is 11.3 Å². The van der Waals surface area contributed by atoms with Gasteiger partial charge in [-0.15, -0.1) is 10.2 Å². The molecule has 2 heterocycles. The summed E-state index contributed by atoms with van der Waals surface area (Å²) in [6, 6.07) is -0.626. The number of hydrogen-bond acceptors (Lipinski definition) is 5. The van der Waals surface area contributed by atoms with Crippen molar-refractivity contribution in [3.05, 3.63) is 5.01 Å². The zero-order chi connectivity index (χ0) is 13.3. The van der Waals surface area contributed by atoms with Crippen molar-refractivity contribution in [2.75, 3.05) is 11.9 Å². The molecule has 0 spiro atoms. The van der Waals surface area contributed by atoms with Gasteiger partial charge in [-0.1, -0.05) is 11.3 Å². The van der Waals surface area contributed by atoms with E-state index in [-0.39, 0.29) is 12.1 Å². The highest BCUT2D eigenvalue weighted by atomic mass is 32.1. The Labute approximate surface area is 108 Å². The Hall–Kier alpha value is -1.70. The Kier molecular flexibility index (Phi) is 3.46. The number of amides is 2. The van der Waals surface area contributed by atoms with Crippen LogP contribution in [-0.4, -0.2) is 44.8 Å². The lowest BCUT2D eigenvalue weighted by molar-refractivity contribution is -0.142. The number of nitrogens with zero attached hydrogens (tertiary/aromatic N) is 3. The molecule has 2 rings (SSSR count). The molecule has 1 fully saturated rings. The molecule has 2 unspecified atom stereocenters. The summed E-state index contributed by atoms with van der Waals surface area (Å²) in [4.78, 5) is 24.4. The second-order valence-corrected chi connectivity index (χ2v) is 5.41. The molecule has 1 aliphatic heterocycles. The molecule has 0 radical (unpaired) electrons. The molecule has 2 atom stereocenters. The molecule has 2 amide bonds. The molecule has 1 aromatic rings. The van der Waals surface area contributed by atoms with E-state index in [4.69, 9.17) is 5.11 Å². The summed E-state index contributed by atoms with van der Waals surface area (Å²) in [6.45, 7) is 3.99. The number of likely N-dealkylation sites (tertiary alicyclic amines) is 1. The fraction of sp³-hybridized carbons (Fsp3) is 0.600. The number of aryl methyl sites for hydroxylation is 1. The molecule has 0 aromatic carbocycles. The van der Waals surface area contributed by atoms with Crippen LogP contribution in [0.5, 0.6) is 0 Å². The predicted octanol–water partition coefficient (Wildman–Crippen LogP) is 1.17. The number of nitrogens with one attached hydrogen (secondary N) is 1. The second-order valence-electron chi connectivity index (χ2n) is 4.22. The number of carbonyl (C=O) groups excluding carboxylic acids is 1. The molecule has 18 heavy (non-hydrogen) atoms. The standard InChI is InChI=1S/C10H14N4O3S/c1-5-7(8(15)16)3-4-14(5)10(17)11-9-13-12-6(2)18-9/h5,7H,3-4H2,1-2H3,(H,15,16)(H,11,13,17). The van der Waals surface area contributed by atoms with Crippen molar-refractivity contribution in [2.24, 2.45) is 5.92 Å². The SMILES string of the molecule is Cc1nnc(NC(=O)N2CCC(C(=O)O)C2C)s1. The van der Waals surface area contributed by atoms with Crippen molar-refractivity contribution < 1.29 is 14.7 Å². The second kappa shape index (κ2) is 4.89. The molecule has 8 heteroatoms. The molecule has 0 saturated carbocycles. The lowest BCUT2D eigenvalue weighted by Crippen LogP contribution is -2.40. The first-order valence-electron chi connectivity index (χ1n) is 5.59. The summed E-state index contributed by atoms with van der Waals surface area (Å²) in [6.07, 6.45) is 0.485. The molecule has 98 valence electrons. The smallest absolute Gasteiger partial charge is 0.323 e. The van der Waals surface area contributed by atoms with Crippen LogP contribution in [0.25, 0.3) is 0 Å². The fourth-order valence-electron chi connectivity index (χ4n) is 2.07. The molecule has 7 nitrogen and oxygen atoms in total. The number of carboxylic acid groups (broad SMARTS) is 1. The van der Waals surface area contributed by atoms with Gasteiger partial charge in [-0.3, -0.25) is 10.1 Å². The highest BCUT2D eigenvalue weighted by molar-refractivity contribution is 7.15. The normalized spacial score (nSPS) is 23.1. The van der Waals surface area contributed by atoms with E-state index in [9.17, 15) is 9.59 Å². The monoisotopic (exact) mass is 270 g/mol. The third kappa shape index (κ3) is 2.42. The summed E-state index contributed by atoms with van der Waals surface area (Å²) in [5, 5.41) is 20.4. The van der Waals surface area contributed by atoms with Crippen LogP contribution in [0, 0.1) is 12.8 Å². The first kappa shape index (κ1) is 12.7. The predicted molar refractivity (Wildman–Crippen MR) is 65.6 cm³/mol. The largest absolute Gasteiger partial charge is 0.481 e. The van der Waals surface area contributed by atoms with E-state index in [1.165, 1.54) is 16.2 Å². The van der Waals surface area contributed by atoms with E-state index in [1.54, 1.807) is 13.8 Å². The third-order valence-electron chi connectivity index (χ3n) is 3.07. The Morgan fingerprint density at radius 1 is 1.50 bits per heavy atom. The van der Waals surface area contributed by atoms with Gasteiger partial charge in [-0.2, -0.15) is 0 Å². The van der Waals surface area contributed by atoms with Crippen LogP contribution in [0.2, 0.25) is 0 Å². The van der Waals surface area contributed by atoms with E-state index >= 15 is 0 Å². The quantitative estimate of drug-likeness (QED) is 0.841. The maximum atomic E-state index is 12.0. The van der Waals surface area contributed by atoms with Crippen LogP contribution in [0.4, 0.5) is 9.93 Å². The topological polar surface area (TPSA) is 95.4 Å². The molecular formula is C10H14N4O3S. The molecule has 1 saturated heterocycles. The number of aromatic nitrogens is 2. The van der Waals surface area contributed by atoms with Gasteiger partial charge in [0.1, 0.15) is 5.01 Å². The Bertz CT molecular complexity index is 475. The van der Waals surface area contributed by atoms with Gasteiger partial charge in [0.2, 0.25) is 5.13 Å². The summed E-state index contributed by atoms with van der Waals surface area (Å²) in [5.74, 6) is -1.35. The molecular weight excluding hydrogens is 256 g/mol. The van der Waals surface area contributed by atoms with Gasteiger partial charge < -0.3 is 10.0 Å². The maximum Gasteiger partial charge on any atom is 0.323 e. The number of hydrogen-bond donors (Lipinski definition) is 2. The highest BCUT2D eigenvalue weighted by Crippen LogP contribution is 2.25. The van der Waals surface area contributed by atoms with Crippen molar-refractivity contribution in [2.45, 2.75) is 26.3 Å². The number of carboxylic acids is 1. The van der Waals surface area contributed by atoms with Crippen molar-refractivity contribution >= 4 is 28.5 Å². The number of anilines is 1. The fourth-order valence-corrected chi connectivity index (χ4v) is 2.65. The zero-order valence-electron chi connectivity index (χ0n) is 10.1. The Balaban J connectivity index is 2.00. The summed E-state index contributed by atoms with van der Waals surface area (Å²) >= 11 is 1.29. The van der Waals surface area contributed by atoms with Gasteiger partial charge in [-0.05, 0) is 20.3 Å². The number of urea groups is 1. The van der Waals surface area contributed by atoms with Gasteiger partial charge >= 0.3 is 12.0 Å². The van der Waals surface area contributed by atoms with E-state index in [0.717, 1.165) is 5.01 Å². The van der Waals surface area contributed by atoms with Crippen LogP contribution in [0.1, 0.15) is 18.4 Å². The molecule has 2 N–H and O–H groups in total. The average Bonchev–Trinajstić information content (AvgIpc) is 2.85. The highest BCUT2D eigenvalue weighted by Gasteiger charge is 2.38. The third-order valence-corrected chi connectivity index (χ3v) is 3.83.